The van der Waals surface area contributed by atoms with Crippen molar-refractivity contribution in [1.82, 2.24) is 0 Å². The predicted molar refractivity (Wildman–Crippen MR) is 77.6 cm³/mol. The highest BCUT2D eigenvalue weighted by atomic mass is 16.4. The molecule has 0 aromatic carbocycles. The number of unbranched alkanes of at least 4 members (excludes halogenated alkanes) is 1. The average molecular weight is 252 g/mol. The summed E-state index contributed by atoms with van der Waals surface area (Å²) in [5, 5.41) is 8.47. The number of hydrogen-bond acceptors (Lipinski definition) is 1. The van der Waals surface area contributed by atoms with Crippen molar-refractivity contribution < 1.29 is 9.90 Å². The first-order chi connectivity index (χ1) is 8.74. The Bertz CT molecular complexity index is 256. The molecular formula is C16H28O2. The van der Waals surface area contributed by atoms with Gasteiger partial charge in [0.2, 0.25) is 0 Å². The number of aliphatic carboxylic acids is 1. The lowest BCUT2D eigenvalue weighted by Crippen LogP contribution is -2.03. The van der Waals surface area contributed by atoms with Crippen LogP contribution in [0.15, 0.2) is 24.8 Å². The van der Waals surface area contributed by atoms with E-state index in [1.807, 2.05) is 13.8 Å². The fourth-order valence-electron chi connectivity index (χ4n) is 2.43. The fraction of sp³-hybridized carbons (Fsp3) is 0.688. The van der Waals surface area contributed by atoms with Gasteiger partial charge in [0.25, 0.3) is 0 Å². The minimum Gasteiger partial charge on any atom is -0.481 e. The second-order valence-electron chi connectivity index (χ2n) is 4.58. The number of carbonyl (C=O) groups is 1. The van der Waals surface area contributed by atoms with E-state index in [0.717, 1.165) is 25.2 Å². The van der Waals surface area contributed by atoms with Gasteiger partial charge in [-0.05, 0) is 43.9 Å². The highest BCUT2D eigenvalue weighted by Gasteiger charge is 2.22. The monoisotopic (exact) mass is 252 g/mol. The molecule has 0 bridgehead atoms. The second kappa shape index (κ2) is 11.1. The molecule has 1 aliphatic rings. The van der Waals surface area contributed by atoms with Crippen LogP contribution >= 0.6 is 0 Å². The van der Waals surface area contributed by atoms with Crippen molar-refractivity contribution in [3.63, 3.8) is 0 Å². The molecule has 1 saturated carbocycles. The minimum atomic E-state index is -0.698. The van der Waals surface area contributed by atoms with Crippen LogP contribution in [0.3, 0.4) is 0 Å². The van der Waals surface area contributed by atoms with Gasteiger partial charge in [-0.25, -0.2) is 0 Å². The van der Waals surface area contributed by atoms with Gasteiger partial charge in [-0.3, -0.25) is 4.79 Å². The van der Waals surface area contributed by atoms with Gasteiger partial charge in [-0.2, -0.15) is 0 Å². The van der Waals surface area contributed by atoms with Gasteiger partial charge in [-0.15, -0.1) is 6.58 Å². The summed E-state index contributed by atoms with van der Waals surface area (Å²) in [7, 11) is 0. The maximum Gasteiger partial charge on any atom is 0.303 e. The Labute approximate surface area is 112 Å². The van der Waals surface area contributed by atoms with Crippen molar-refractivity contribution in [2.45, 2.75) is 58.8 Å². The van der Waals surface area contributed by atoms with Crippen LogP contribution in [0, 0.1) is 11.8 Å². The summed E-state index contributed by atoms with van der Waals surface area (Å²) in [6, 6.07) is 0. The minimum absolute atomic E-state index is 0.281. The molecule has 0 heterocycles. The smallest absolute Gasteiger partial charge is 0.303 e. The molecule has 0 spiro atoms. The standard InChI is InChI=1S/C14H22O2.C2H6/c1-2-12-9-7-10-13(12)8-5-3-4-6-11-14(15)16;1-2/h2-3,5,12-13H,1,4,6-11H2,(H,15,16);1-2H3/b5-3-;/t12?,13-;/m0./s1. The van der Waals surface area contributed by atoms with Gasteiger partial charge < -0.3 is 5.11 Å². The SMILES string of the molecule is C=CC1CCC[C@@H]1C/C=C\CCCC(=O)O.CC. The first-order valence-corrected chi connectivity index (χ1v) is 7.23. The van der Waals surface area contributed by atoms with Crippen molar-refractivity contribution in [2.75, 3.05) is 0 Å². The van der Waals surface area contributed by atoms with Gasteiger partial charge in [0, 0.05) is 6.42 Å². The molecule has 104 valence electrons. The van der Waals surface area contributed by atoms with Crippen LogP contribution in [0.2, 0.25) is 0 Å². The average Bonchev–Trinajstić information content (AvgIpc) is 2.83. The zero-order valence-corrected chi connectivity index (χ0v) is 11.9. The lowest BCUT2D eigenvalue weighted by molar-refractivity contribution is -0.137. The number of carboxylic acid groups (broad SMARTS) is 1. The van der Waals surface area contributed by atoms with Crippen molar-refractivity contribution in [3.05, 3.63) is 24.8 Å². The Morgan fingerprint density at radius 1 is 1.33 bits per heavy atom. The molecule has 1 aliphatic carbocycles. The van der Waals surface area contributed by atoms with E-state index < -0.39 is 5.97 Å². The van der Waals surface area contributed by atoms with Crippen LogP contribution in [0.25, 0.3) is 0 Å². The quantitative estimate of drug-likeness (QED) is 0.521. The second-order valence-corrected chi connectivity index (χ2v) is 4.58. The summed E-state index contributed by atoms with van der Waals surface area (Å²) in [4.78, 5) is 10.3. The zero-order chi connectivity index (χ0) is 13.8. The summed E-state index contributed by atoms with van der Waals surface area (Å²) in [5.74, 6) is 0.771. The summed E-state index contributed by atoms with van der Waals surface area (Å²) >= 11 is 0. The molecule has 0 amide bonds. The maximum absolute atomic E-state index is 10.3. The Morgan fingerprint density at radius 3 is 2.67 bits per heavy atom. The number of allylic oxidation sites excluding steroid dienone is 3. The largest absolute Gasteiger partial charge is 0.481 e. The Morgan fingerprint density at radius 2 is 2.06 bits per heavy atom. The van der Waals surface area contributed by atoms with E-state index in [2.05, 4.69) is 24.8 Å². The molecule has 0 aliphatic heterocycles. The van der Waals surface area contributed by atoms with Crippen LogP contribution in [-0.2, 0) is 4.79 Å². The third kappa shape index (κ3) is 7.31. The van der Waals surface area contributed by atoms with Crippen molar-refractivity contribution in [3.8, 4) is 0 Å². The summed E-state index contributed by atoms with van der Waals surface area (Å²) < 4.78 is 0. The van der Waals surface area contributed by atoms with Gasteiger partial charge in [0.15, 0.2) is 0 Å². The third-order valence-electron chi connectivity index (χ3n) is 3.39. The van der Waals surface area contributed by atoms with Gasteiger partial charge in [-0.1, -0.05) is 38.5 Å². The number of carboxylic acids is 1. The van der Waals surface area contributed by atoms with E-state index in [4.69, 9.17) is 5.11 Å². The Kier molecular flexibility index (Phi) is 10.4. The van der Waals surface area contributed by atoms with E-state index in [0.29, 0.717) is 5.92 Å². The molecule has 0 saturated heterocycles. The van der Waals surface area contributed by atoms with Gasteiger partial charge in [0.05, 0.1) is 0 Å². The molecule has 1 rings (SSSR count). The third-order valence-corrected chi connectivity index (χ3v) is 3.39. The topological polar surface area (TPSA) is 37.3 Å². The van der Waals surface area contributed by atoms with E-state index in [1.165, 1.54) is 19.3 Å². The van der Waals surface area contributed by atoms with Crippen LogP contribution in [0.1, 0.15) is 58.8 Å². The summed E-state index contributed by atoms with van der Waals surface area (Å²) in [5.41, 5.74) is 0. The molecule has 18 heavy (non-hydrogen) atoms. The van der Waals surface area contributed by atoms with Crippen molar-refractivity contribution >= 4 is 5.97 Å². The predicted octanol–water partition coefficient (Wildman–Crippen LogP) is 4.82. The molecule has 1 fully saturated rings. The highest BCUT2D eigenvalue weighted by molar-refractivity contribution is 5.66. The molecule has 1 N–H and O–H groups in total. The molecule has 2 nitrogen and oxygen atoms in total. The number of hydrogen-bond donors (Lipinski definition) is 1. The molecule has 2 heteroatoms. The normalized spacial score (nSPS) is 22.6. The van der Waals surface area contributed by atoms with Crippen LogP contribution in [0.5, 0.6) is 0 Å². The maximum atomic E-state index is 10.3. The zero-order valence-electron chi connectivity index (χ0n) is 11.9. The first-order valence-electron chi connectivity index (χ1n) is 7.23. The van der Waals surface area contributed by atoms with Crippen LogP contribution < -0.4 is 0 Å². The van der Waals surface area contributed by atoms with Crippen molar-refractivity contribution in [1.29, 1.82) is 0 Å². The Balaban J connectivity index is 0.00000137. The van der Waals surface area contributed by atoms with Crippen LogP contribution in [0.4, 0.5) is 0 Å². The first kappa shape index (κ1) is 16.9. The van der Waals surface area contributed by atoms with Gasteiger partial charge in [0.1, 0.15) is 0 Å². The lowest BCUT2D eigenvalue weighted by atomic mass is 9.93. The fourth-order valence-corrected chi connectivity index (χ4v) is 2.43. The van der Waals surface area contributed by atoms with Crippen LogP contribution in [-0.4, -0.2) is 11.1 Å². The lowest BCUT2D eigenvalue weighted by Gasteiger charge is -2.12. The van der Waals surface area contributed by atoms with E-state index in [-0.39, 0.29) is 6.42 Å². The molecular weight excluding hydrogens is 224 g/mol. The Hall–Kier alpha value is -1.05. The molecule has 0 aromatic heterocycles. The highest BCUT2D eigenvalue weighted by Crippen LogP contribution is 2.34. The molecule has 1 unspecified atom stereocenters. The summed E-state index contributed by atoms with van der Waals surface area (Å²) in [6.45, 7) is 7.88. The van der Waals surface area contributed by atoms with Gasteiger partial charge >= 0.3 is 5.97 Å². The van der Waals surface area contributed by atoms with E-state index >= 15 is 0 Å². The number of rotatable bonds is 7. The van der Waals surface area contributed by atoms with E-state index in [9.17, 15) is 4.79 Å². The molecule has 2 atom stereocenters. The molecule has 0 aromatic rings. The molecule has 0 radical (unpaired) electrons. The van der Waals surface area contributed by atoms with E-state index in [1.54, 1.807) is 0 Å². The van der Waals surface area contributed by atoms with Crippen molar-refractivity contribution in [2.24, 2.45) is 11.8 Å². The summed E-state index contributed by atoms with van der Waals surface area (Å²) in [6.07, 6.45) is 13.4.